The van der Waals surface area contributed by atoms with Crippen molar-refractivity contribution in [2.24, 2.45) is 0 Å². The van der Waals surface area contributed by atoms with Crippen LogP contribution in [0, 0.1) is 0 Å². The predicted molar refractivity (Wildman–Crippen MR) is 332 cm³/mol. The van der Waals surface area contributed by atoms with Gasteiger partial charge in [0.25, 0.3) is 0 Å². The molecule has 0 saturated heterocycles. The molecule has 0 saturated carbocycles. The Hall–Kier alpha value is -6.14. The standard InChI is InChI=1S/C71H67BN2S2/c1-66(2,3)38-22-24-39(25-23-38)74-55-33-43-42-30-49-51(69(8,9)28-26-67(49,4)5)35-48(42)71(12,13)47(43)31-46(55)60-61-41-19-15-17-21-58(41)76-65(61)62-45-32-50-52(70(10,11)29-27-68(50,6)7)36-54(45)73-56-34-44-40-18-14-16-20-57(40)75-59(44)37-53(56)72(74)63(60)64(62)73/h14-25,30-37H,26-29H2,1-13H3. The summed E-state index contributed by atoms with van der Waals surface area (Å²) in [4.78, 5) is 2.82. The molecule has 376 valence electrons. The maximum atomic E-state index is 2.82. The lowest BCUT2D eigenvalue weighted by Crippen LogP contribution is -2.60. The van der Waals surface area contributed by atoms with Gasteiger partial charge in [-0.3, -0.25) is 0 Å². The lowest BCUT2D eigenvalue weighted by molar-refractivity contribution is 0.331. The molecule has 0 amide bonds. The summed E-state index contributed by atoms with van der Waals surface area (Å²) in [5.41, 5.74) is 25.6. The van der Waals surface area contributed by atoms with E-state index in [1.165, 1.54) is 171 Å². The Balaban J connectivity index is 1.12. The first-order valence-corrected chi connectivity index (χ1v) is 29.9. The van der Waals surface area contributed by atoms with Gasteiger partial charge in [0.2, 0.25) is 0 Å². The molecule has 3 aromatic heterocycles. The number of rotatable bonds is 1. The van der Waals surface area contributed by atoms with E-state index in [1.807, 2.05) is 22.7 Å². The fourth-order valence-corrected chi connectivity index (χ4v) is 18.1. The molecule has 11 aromatic rings. The highest BCUT2D eigenvalue weighted by atomic mass is 32.1. The van der Waals surface area contributed by atoms with Gasteiger partial charge in [0.1, 0.15) is 0 Å². The lowest BCUT2D eigenvalue weighted by atomic mass is 9.43. The quantitative estimate of drug-likeness (QED) is 0.149. The number of benzene rings is 8. The molecule has 0 unspecified atom stereocenters. The van der Waals surface area contributed by atoms with Crippen molar-refractivity contribution in [2.45, 2.75) is 148 Å². The third-order valence-electron chi connectivity index (χ3n) is 20.4. The molecule has 0 spiro atoms. The molecule has 5 heterocycles. The zero-order valence-corrected chi connectivity index (χ0v) is 48.3. The summed E-state index contributed by atoms with van der Waals surface area (Å²) in [6.45, 7) is 31.9. The smallest absolute Gasteiger partial charge is 0.333 e. The Kier molecular flexibility index (Phi) is 8.66. The minimum atomic E-state index is -0.202. The van der Waals surface area contributed by atoms with Gasteiger partial charge in [-0.15, -0.1) is 22.7 Å². The predicted octanol–water partition coefficient (Wildman–Crippen LogP) is 19.1. The highest BCUT2D eigenvalue weighted by Gasteiger charge is 2.49. The second kappa shape index (κ2) is 14.3. The fraction of sp³-hybridized carbons (Fsp3) is 0.324. The normalized spacial score (nSPS) is 18.9. The number of nitrogens with zero attached hydrogens (tertiary/aromatic N) is 2. The molecule has 76 heavy (non-hydrogen) atoms. The maximum Gasteiger partial charge on any atom is 0.333 e. The van der Waals surface area contributed by atoms with Crippen molar-refractivity contribution in [3.63, 3.8) is 0 Å². The Morgan fingerprint density at radius 2 is 1.04 bits per heavy atom. The van der Waals surface area contributed by atoms with Crippen molar-refractivity contribution in [1.82, 2.24) is 4.57 Å². The summed E-state index contributed by atoms with van der Waals surface area (Å²) in [7, 11) is 0. The number of hydrogen-bond acceptors (Lipinski definition) is 3. The molecule has 2 aliphatic heterocycles. The first kappa shape index (κ1) is 46.0. The van der Waals surface area contributed by atoms with E-state index in [4.69, 9.17) is 0 Å². The van der Waals surface area contributed by atoms with Crippen LogP contribution in [-0.4, -0.2) is 11.4 Å². The van der Waals surface area contributed by atoms with Crippen LogP contribution in [0.3, 0.4) is 0 Å². The van der Waals surface area contributed by atoms with Crippen LogP contribution in [0.15, 0.2) is 121 Å². The summed E-state index contributed by atoms with van der Waals surface area (Å²) in [5.74, 6) is 0. The molecule has 0 atom stereocenters. The molecule has 5 heteroatoms. The molecule has 3 aliphatic carbocycles. The van der Waals surface area contributed by atoms with Gasteiger partial charge in [-0.25, -0.2) is 0 Å². The Bertz CT molecular complexity index is 4480. The van der Waals surface area contributed by atoms with Crippen LogP contribution in [0.1, 0.15) is 155 Å². The van der Waals surface area contributed by atoms with Gasteiger partial charge in [-0.05, 0) is 186 Å². The van der Waals surface area contributed by atoms with Crippen molar-refractivity contribution in [3.05, 3.63) is 160 Å². The molecule has 0 fully saturated rings. The van der Waals surface area contributed by atoms with Crippen molar-refractivity contribution in [3.8, 4) is 27.9 Å². The van der Waals surface area contributed by atoms with Gasteiger partial charge in [0, 0.05) is 79.2 Å². The second-order valence-electron chi connectivity index (χ2n) is 28.2. The average Bonchev–Trinajstić information content (AvgIpc) is 4.12. The molecule has 8 aromatic carbocycles. The van der Waals surface area contributed by atoms with Gasteiger partial charge in [-0.1, -0.05) is 145 Å². The summed E-state index contributed by atoms with van der Waals surface area (Å²) < 4.78 is 8.27. The van der Waals surface area contributed by atoms with E-state index in [1.54, 1.807) is 5.56 Å². The van der Waals surface area contributed by atoms with Crippen LogP contribution in [0.4, 0.5) is 11.4 Å². The van der Waals surface area contributed by atoms with Crippen LogP contribution < -0.4 is 15.7 Å². The van der Waals surface area contributed by atoms with E-state index < -0.39 is 0 Å². The summed E-state index contributed by atoms with van der Waals surface area (Å²) in [5, 5.41) is 8.31. The van der Waals surface area contributed by atoms with E-state index in [0.717, 1.165) is 0 Å². The largest absolute Gasteiger partial charge is 0.376 e. The topological polar surface area (TPSA) is 8.17 Å². The van der Waals surface area contributed by atoms with Gasteiger partial charge >= 0.3 is 6.85 Å². The van der Waals surface area contributed by atoms with Crippen molar-refractivity contribution >= 4 is 114 Å². The van der Waals surface area contributed by atoms with Crippen LogP contribution >= 0.6 is 22.7 Å². The molecule has 2 nitrogen and oxygen atoms in total. The zero-order chi connectivity index (χ0) is 52.3. The van der Waals surface area contributed by atoms with E-state index >= 15 is 0 Å². The molecular formula is C71H67BN2S2. The first-order chi connectivity index (χ1) is 36.0. The fourth-order valence-electron chi connectivity index (χ4n) is 15.7. The number of hydrogen-bond donors (Lipinski definition) is 0. The second-order valence-corrected chi connectivity index (χ2v) is 30.3. The van der Waals surface area contributed by atoms with Crippen molar-refractivity contribution in [2.75, 3.05) is 4.81 Å². The number of aromatic nitrogens is 1. The van der Waals surface area contributed by atoms with Crippen LogP contribution in [0.25, 0.3) is 90.1 Å². The maximum absolute atomic E-state index is 2.82. The third kappa shape index (κ3) is 5.74. The van der Waals surface area contributed by atoms with Crippen LogP contribution in [0.2, 0.25) is 0 Å². The van der Waals surface area contributed by atoms with Crippen LogP contribution in [-0.2, 0) is 32.5 Å². The average molecular weight is 1020 g/mol. The van der Waals surface area contributed by atoms with Gasteiger partial charge in [-0.2, -0.15) is 0 Å². The number of thiophene rings is 2. The van der Waals surface area contributed by atoms with E-state index in [0.29, 0.717) is 0 Å². The first-order valence-electron chi connectivity index (χ1n) is 28.3. The SMILES string of the molecule is CC(C)(C)c1ccc(N2B3c4cc5sc6ccccc6c5cc4-n4c5cc6c(cc5c5c7sc8ccccc8c7c(c3c54)-c3cc4c(cc32)-c2cc3c(cc2C4(C)C)C(C)(C)CCC3(C)C)C(C)(C)CCC6(C)C)cc1. The molecule has 16 rings (SSSR count). The van der Waals surface area contributed by atoms with Gasteiger partial charge in [0.05, 0.1) is 11.0 Å². The zero-order valence-electron chi connectivity index (χ0n) is 46.7. The summed E-state index contributed by atoms with van der Waals surface area (Å²) in [6.07, 6.45) is 4.76. The van der Waals surface area contributed by atoms with E-state index in [2.05, 4.69) is 221 Å². The molecular weight excluding hydrogens is 956 g/mol. The summed E-state index contributed by atoms with van der Waals surface area (Å²) >= 11 is 3.97. The van der Waals surface area contributed by atoms with Crippen molar-refractivity contribution in [1.29, 1.82) is 0 Å². The Morgan fingerprint density at radius 3 is 1.71 bits per heavy atom. The minimum Gasteiger partial charge on any atom is -0.376 e. The Morgan fingerprint density at radius 1 is 0.474 bits per heavy atom. The molecule has 0 N–H and O–H groups in total. The van der Waals surface area contributed by atoms with Gasteiger partial charge < -0.3 is 9.38 Å². The minimum absolute atomic E-state index is 0.0216. The van der Waals surface area contributed by atoms with Crippen LogP contribution in [0.5, 0.6) is 0 Å². The van der Waals surface area contributed by atoms with E-state index in [-0.39, 0.29) is 39.3 Å². The number of anilines is 2. The highest BCUT2D eigenvalue weighted by molar-refractivity contribution is 7.27. The van der Waals surface area contributed by atoms with Gasteiger partial charge in [0.15, 0.2) is 0 Å². The summed E-state index contributed by atoms with van der Waals surface area (Å²) in [6, 6.07) is 49.5. The van der Waals surface area contributed by atoms with E-state index in [9.17, 15) is 0 Å². The van der Waals surface area contributed by atoms with Crippen molar-refractivity contribution < 1.29 is 0 Å². The third-order valence-corrected chi connectivity index (χ3v) is 22.8. The lowest BCUT2D eigenvalue weighted by Gasteiger charge is -2.43. The highest BCUT2D eigenvalue weighted by Crippen LogP contribution is 2.60. The molecule has 0 radical (unpaired) electrons. The monoisotopic (exact) mass is 1020 g/mol. The Labute approximate surface area is 456 Å². The molecule has 5 aliphatic rings. The number of fused-ring (bicyclic) bond motifs is 21. The molecule has 0 bridgehead atoms.